The lowest BCUT2D eigenvalue weighted by Gasteiger charge is -2.14. The number of rotatable bonds is 3. The number of thiazole rings is 1. The average molecular weight is 262 g/mol. The van der Waals surface area contributed by atoms with Crippen molar-refractivity contribution in [3.05, 3.63) is 40.5 Å². The monoisotopic (exact) mass is 262 g/mol. The maximum Gasteiger partial charge on any atom is 0.278 e. The molecular formula is C12H14N4OS. The molecule has 2 N–H and O–H groups in total. The van der Waals surface area contributed by atoms with E-state index in [1.165, 1.54) is 16.2 Å². The molecule has 0 aliphatic heterocycles. The molecule has 1 amide bonds. The van der Waals surface area contributed by atoms with Crippen LogP contribution in [0.1, 0.15) is 28.5 Å². The minimum absolute atomic E-state index is 0.156. The number of carbonyl (C=O) groups is 1. The van der Waals surface area contributed by atoms with Gasteiger partial charge in [0, 0.05) is 18.6 Å². The van der Waals surface area contributed by atoms with Crippen LogP contribution in [0.4, 0.5) is 5.82 Å². The van der Waals surface area contributed by atoms with Gasteiger partial charge in [-0.3, -0.25) is 9.69 Å². The minimum atomic E-state index is -0.183. The second kappa shape index (κ2) is 5.24. The van der Waals surface area contributed by atoms with Crippen LogP contribution in [0.3, 0.4) is 0 Å². The predicted octanol–water partition coefficient (Wildman–Crippen LogP) is 1.83. The summed E-state index contributed by atoms with van der Waals surface area (Å²) in [6, 6.07) is 5.26. The molecule has 0 saturated heterocycles. The Bertz CT molecular complexity index is 538. The molecule has 0 aliphatic carbocycles. The molecule has 2 rings (SSSR count). The number of nitrogens with two attached hydrogens (primary N) is 1. The molecular weight excluding hydrogens is 248 g/mol. The summed E-state index contributed by atoms with van der Waals surface area (Å²) in [6.45, 7) is 1.84. The Morgan fingerprint density at radius 3 is 2.83 bits per heavy atom. The quantitative estimate of drug-likeness (QED) is 0.916. The lowest BCUT2D eigenvalue weighted by atomic mass is 10.3. The lowest BCUT2D eigenvalue weighted by Crippen LogP contribution is -2.27. The molecule has 0 aromatic carbocycles. The third-order valence-electron chi connectivity index (χ3n) is 2.43. The first kappa shape index (κ1) is 12.7. The summed E-state index contributed by atoms with van der Waals surface area (Å²) < 4.78 is 0. The number of nitrogens with zero attached hydrogens (tertiary/aromatic N) is 3. The van der Waals surface area contributed by atoms with E-state index in [2.05, 4.69) is 9.97 Å². The van der Waals surface area contributed by atoms with Gasteiger partial charge in [0.25, 0.3) is 5.91 Å². The SMILES string of the molecule is CC(N)c1nc(C(=O)N(C)c2ccccn2)cs1. The third-order valence-corrected chi connectivity index (χ3v) is 3.47. The first-order valence-electron chi connectivity index (χ1n) is 5.49. The van der Waals surface area contributed by atoms with Crippen molar-refractivity contribution in [1.82, 2.24) is 9.97 Å². The molecule has 18 heavy (non-hydrogen) atoms. The molecule has 0 spiro atoms. The summed E-state index contributed by atoms with van der Waals surface area (Å²) in [6.07, 6.45) is 1.65. The average Bonchev–Trinajstić information content (AvgIpc) is 2.88. The molecule has 94 valence electrons. The van der Waals surface area contributed by atoms with Crippen molar-refractivity contribution < 1.29 is 4.79 Å². The van der Waals surface area contributed by atoms with Crippen LogP contribution in [-0.4, -0.2) is 22.9 Å². The maximum atomic E-state index is 12.2. The minimum Gasteiger partial charge on any atom is -0.322 e. The van der Waals surface area contributed by atoms with Gasteiger partial charge < -0.3 is 5.73 Å². The summed E-state index contributed by atoms with van der Waals surface area (Å²) in [7, 11) is 1.68. The van der Waals surface area contributed by atoms with Crippen LogP contribution in [0.5, 0.6) is 0 Å². The van der Waals surface area contributed by atoms with Gasteiger partial charge in [-0.15, -0.1) is 11.3 Å². The van der Waals surface area contributed by atoms with Gasteiger partial charge in [0.2, 0.25) is 0 Å². The van der Waals surface area contributed by atoms with E-state index < -0.39 is 0 Å². The van der Waals surface area contributed by atoms with E-state index in [1.807, 2.05) is 13.0 Å². The van der Waals surface area contributed by atoms with Crippen molar-refractivity contribution in [2.45, 2.75) is 13.0 Å². The first-order chi connectivity index (χ1) is 8.59. The number of aromatic nitrogens is 2. The van der Waals surface area contributed by atoms with Gasteiger partial charge in [-0.2, -0.15) is 0 Å². The molecule has 5 nitrogen and oxygen atoms in total. The highest BCUT2D eigenvalue weighted by Crippen LogP contribution is 2.18. The molecule has 0 fully saturated rings. The Morgan fingerprint density at radius 1 is 1.50 bits per heavy atom. The van der Waals surface area contributed by atoms with E-state index in [0.717, 1.165) is 5.01 Å². The van der Waals surface area contributed by atoms with Gasteiger partial charge in [-0.1, -0.05) is 6.07 Å². The van der Waals surface area contributed by atoms with Crippen LogP contribution in [0.2, 0.25) is 0 Å². The van der Waals surface area contributed by atoms with Gasteiger partial charge in [-0.05, 0) is 19.1 Å². The largest absolute Gasteiger partial charge is 0.322 e. The Hall–Kier alpha value is -1.79. The van der Waals surface area contributed by atoms with Crippen molar-refractivity contribution in [3.8, 4) is 0 Å². The molecule has 6 heteroatoms. The molecule has 0 radical (unpaired) electrons. The van der Waals surface area contributed by atoms with Crippen LogP contribution in [0.15, 0.2) is 29.8 Å². The molecule has 0 saturated carbocycles. The van der Waals surface area contributed by atoms with Gasteiger partial charge >= 0.3 is 0 Å². The van der Waals surface area contributed by atoms with Gasteiger partial charge in [0.05, 0.1) is 6.04 Å². The molecule has 2 heterocycles. The number of hydrogen-bond donors (Lipinski definition) is 1. The zero-order valence-corrected chi connectivity index (χ0v) is 11.0. The van der Waals surface area contributed by atoms with Gasteiger partial charge in [0.15, 0.2) is 0 Å². The number of amides is 1. The Morgan fingerprint density at radius 2 is 2.28 bits per heavy atom. The predicted molar refractivity (Wildman–Crippen MR) is 71.7 cm³/mol. The van der Waals surface area contributed by atoms with E-state index in [0.29, 0.717) is 11.5 Å². The van der Waals surface area contributed by atoms with E-state index in [-0.39, 0.29) is 11.9 Å². The fourth-order valence-corrected chi connectivity index (χ4v) is 2.17. The number of anilines is 1. The molecule has 0 aliphatic rings. The summed E-state index contributed by atoms with van der Waals surface area (Å²) >= 11 is 1.39. The van der Waals surface area contributed by atoms with Crippen molar-refractivity contribution in [2.24, 2.45) is 5.73 Å². The number of carbonyl (C=O) groups excluding carboxylic acids is 1. The summed E-state index contributed by atoms with van der Waals surface area (Å²) in [5, 5.41) is 2.48. The normalized spacial score (nSPS) is 12.2. The van der Waals surface area contributed by atoms with Crippen LogP contribution < -0.4 is 10.6 Å². The van der Waals surface area contributed by atoms with E-state index in [9.17, 15) is 4.79 Å². The lowest BCUT2D eigenvalue weighted by molar-refractivity contribution is 0.0988. The highest BCUT2D eigenvalue weighted by Gasteiger charge is 2.18. The first-order valence-corrected chi connectivity index (χ1v) is 6.37. The van der Waals surface area contributed by atoms with Crippen LogP contribution in [-0.2, 0) is 0 Å². The van der Waals surface area contributed by atoms with Gasteiger partial charge in [0.1, 0.15) is 16.5 Å². The zero-order chi connectivity index (χ0) is 13.1. The molecule has 1 atom stereocenters. The highest BCUT2D eigenvalue weighted by molar-refractivity contribution is 7.09. The van der Waals surface area contributed by atoms with Crippen molar-refractivity contribution in [3.63, 3.8) is 0 Å². The summed E-state index contributed by atoms with van der Waals surface area (Å²) in [4.78, 5) is 22.0. The van der Waals surface area contributed by atoms with Crippen molar-refractivity contribution in [1.29, 1.82) is 0 Å². The standard InChI is InChI=1S/C12H14N4OS/c1-8(13)11-15-9(7-18-11)12(17)16(2)10-5-3-4-6-14-10/h3-8H,13H2,1-2H3. The Kier molecular flexibility index (Phi) is 3.69. The maximum absolute atomic E-state index is 12.2. The molecule has 2 aromatic heterocycles. The molecule has 1 unspecified atom stereocenters. The number of hydrogen-bond acceptors (Lipinski definition) is 5. The van der Waals surface area contributed by atoms with Crippen molar-refractivity contribution in [2.75, 3.05) is 11.9 Å². The Labute approximate surface area is 109 Å². The molecule has 2 aromatic rings. The topological polar surface area (TPSA) is 72.1 Å². The van der Waals surface area contributed by atoms with Crippen LogP contribution in [0, 0.1) is 0 Å². The van der Waals surface area contributed by atoms with Crippen LogP contribution >= 0.6 is 11.3 Å². The second-order valence-electron chi connectivity index (χ2n) is 3.91. The third kappa shape index (κ3) is 2.55. The Balaban J connectivity index is 2.20. The highest BCUT2D eigenvalue weighted by atomic mass is 32.1. The summed E-state index contributed by atoms with van der Waals surface area (Å²) in [5.41, 5.74) is 6.13. The number of pyridine rings is 1. The summed E-state index contributed by atoms with van der Waals surface area (Å²) in [5.74, 6) is 0.412. The van der Waals surface area contributed by atoms with Gasteiger partial charge in [-0.25, -0.2) is 9.97 Å². The van der Waals surface area contributed by atoms with E-state index in [4.69, 9.17) is 5.73 Å². The smallest absolute Gasteiger partial charge is 0.278 e. The van der Waals surface area contributed by atoms with E-state index in [1.54, 1.807) is 30.8 Å². The van der Waals surface area contributed by atoms with Crippen molar-refractivity contribution >= 4 is 23.1 Å². The fraction of sp³-hybridized carbons (Fsp3) is 0.250. The zero-order valence-electron chi connectivity index (χ0n) is 10.2. The molecule has 0 bridgehead atoms. The fourth-order valence-electron chi connectivity index (χ4n) is 1.42. The van der Waals surface area contributed by atoms with E-state index >= 15 is 0 Å². The second-order valence-corrected chi connectivity index (χ2v) is 4.80. The van der Waals surface area contributed by atoms with Crippen LogP contribution in [0.25, 0.3) is 0 Å².